The molecule has 148 valence electrons. The Morgan fingerprint density at radius 2 is 1.69 bits per heavy atom. The zero-order chi connectivity index (χ0) is 20.4. The Kier molecular flexibility index (Phi) is 5.62. The predicted octanol–water partition coefficient (Wildman–Crippen LogP) is 5.14. The number of nitrogens with zero attached hydrogens (tertiary/aromatic N) is 1. The highest BCUT2D eigenvalue weighted by Crippen LogP contribution is 2.41. The molecular weight excluding hydrogens is 411 g/mol. The van der Waals surface area contributed by atoms with Gasteiger partial charge in [0.2, 0.25) is 0 Å². The van der Waals surface area contributed by atoms with Crippen molar-refractivity contribution in [3.8, 4) is 5.75 Å². The number of halogens is 2. The van der Waals surface area contributed by atoms with Crippen LogP contribution in [0.3, 0.4) is 0 Å². The number of ether oxygens (including phenoxy) is 1. The highest BCUT2D eigenvalue weighted by molar-refractivity contribution is 6.31. The van der Waals surface area contributed by atoms with E-state index in [0.29, 0.717) is 32.7 Å². The van der Waals surface area contributed by atoms with E-state index < -0.39 is 0 Å². The molecule has 0 spiro atoms. The van der Waals surface area contributed by atoms with Crippen molar-refractivity contribution in [3.05, 3.63) is 82.3 Å². The van der Waals surface area contributed by atoms with Crippen LogP contribution in [0.15, 0.2) is 66.7 Å². The average Bonchev–Trinajstić information content (AvgIpc) is 2.74. The second kappa shape index (κ2) is 8.33. The fraction of sp³-hybridized carbons (Fsp3) is 0.136. The summed E-state index contributed by atoms with van der Waals surface area (Å²) in [6, 6.07) is 19.3. The van der Waals surface area contributed by atoms with E-state index in [9.17, 15) is 9.90 Å². The van der Waals surface area contributed by atoms with Crippen molar-refractivity contribution < 1.29 is 14.6 Å². The van der Waals surface area contributed by atoms with Crippen LogP contribution in [0.25, 0.3) is 0 Å². The van der Waals surface area contributed by atoms with Crippen LogP contribution in [0.2, 0.25) is 10.0 Å². The number of rotatable bonds is 4. The molecule has 3 aromatic rings. The summed E-state index contributed by atoms with van der Waals surface area (Å²) in [5.41, 5.74) is 2.61. The Hall–Kier alpha value is -2.73. The summed E-state index contributed by atoms with van der Waals surface area (Å²) < 4.78 is 5.90. The molecule has 0 radical (unpaired) electrons. The van der Waals surface area contributed by atoms with Crippen molar-refractivity contribution in [2.24, 2.45) is 0 Å². The number of hydrogen-bond donors (Lipinski definition) is 2. The van der Waals surface area contributed by atoms with E-state index >= 15 is 0 Å². The molecule has 1 aliphatic rings. The number of nitrogens with one attached hydrogen (secondary N) is 1. The van der Waals surface area contributed by atoms with Crippen LogP contribution in [0.1, 0.15) is 10.4 Å². The molecule has 29 heavy (non-hydrogen) atoms. The second-order valence-corrected chi connectivity index (χ2v) is 7.48. The number of carbonyl (C=O) groups excluding carboxylic acids is 1. The zero-order valence-corrected chi connectivity index (χ0v) is 16.8. The molecule has 2 N–H and O–H groups in total. The summed E-state index contributed by atoms with van der Waals surface area (Å²) in [6.45, 7) is 0.153. The quantitative estimate of drug-likeness (QED) is 0.603. The van der Waals surface area contributed by atoms with Gasteiger partial charge in [-0.15, -0.1) is 0 Å². The molecule has 0 bridgehead atoms. The van der Waals surface area contributed by atoms with Gasteiger partial charge in [-0.2, -0.15) is 0 Å². The molecule has 5 nitrogen and oxygen atoms in total. The van der Waals surface area contributed by atoms with Crippen LogP contribution in [0.4, 0.5) is 17.1 Å². The Morgan fingerprint density at radius 1 is 1.03 bits per heavy atom. The number of benzene rings is 3. The van der Waals surface area contributed by atoms with Crippen molar-refractivity contribution in [2.45, 2.75) is 6.04 Å². The molecule has 7 heteroatoms. The lowest BCUT2D eigenvalue weighted by molar-refractivity contribution is 0.102. The first kappa shape index (κ1) is 19.6. The van der Waals surface area contributed by atoms with E-state index in [-0.39, 0.29) is 25.2 Å². The number of aliphatic hydroxyl groups excluding tert-OH is 1. The van der Waals surface area contributed by atoms with Gasteiger partial charge < -0.3 is 20.1 Å². The average molecular weight is 429 g/mol. The largest absolute Gasteiger partial charge is 0.488 e. The van der Waals surface area contributed by atoms with Gasteiger partial charge in [-0.3, -0.25) is 4.79 Å². The highest BCUT2D eigenvalue weighted by Gasteiger charge is 2.31. The van der Waals surface area contributed by atoms with Gasteiger partial charge in [0.15, 0.2) is 5.75 Å². The molecule has 0 unspecified atom stereocenters. The number of para-hydroxylation sites is 1. The van der Waals surface area contributed by atoms with Gasteiger partial charge in [-0.1, -0.05) is 29.3 Å². The number of carbonyl (C=O) groups is 1. The molecule has 3 aromatic carbocycles. The van der Waals surface area contributed by atoms with Crippen LogP contribution in [0, 0.1) is 0 Å². The zero-order valence-electron chi connectivity index (χ0n) is 15.3. The van der Waals surface area contributed by atoms with Crippen LogP contribution in [-0.4, -0.2) is 30.3 Å². The molecule has 1 heterocycles. The van der Waals surface area contributed by atoms with Crippen LogP contribution in [0.5, 0.6) is 5.75 Å². The Labute approximate surface area is 178 Å². The maximum Gasteiger partial charge on any atom is 0.259 e. The standard InChI is InChI=1S/C22H18Cl2N2O3/c23-14-4-8-16(9-5-14)25-22(28)19-2-1-3-20-21(19)29-13-18(12-27)26(20)17-10-6-15(24)7-11-17/h1-11,18,27H,12-13H2,(H,25,28)/t18-/m0/s1. The van der Waals surface area contributed by atoms with Gasteiger partial charge in [-0.05, 0) is 60.7 Å². The lowest BCUT2D eigenvalue weighted by atomic mass is 10.1. The highest BCUT2D eigenvalue weighted by atomic mass is 35.5. The molecule has 0 saturated heterocycles. The minimum absolute atomic E-state index is 0.0940. The first-order valence-electron chi connectivity index (χ1n) is 9.05. The Morgan fingerprint density at radius 3 is 2.34 bits per heavy atom. The Balaban J connectivity index is 1.70. The number of fused-ring (bicyclic) bond motifs is 1. The fourth-order valence-electron chi connectivity index (χ4n) is 3.31. The van der Waals surface area contributed by atoms with Gasteiger partial charge >= 0.3 is 0 Å². The van der Waals surface area contributed by atoms with E-state index in [4.69, 9.17) is 27.9 Å². The monoisotopic (exact) mass is 428 g/mol. The summed E-state index contributed by atoms with van der Waals surface area (Å²) in [5, 5.41) is 13.9. The van der Waals surface area contributed by atoms with Crippen molar-refractivity contribution in [2.75, 3.05) is 23.4 Å². The van der Waals surface area contributed by atoms with Crippen LogP contribution >= 0.6 is 23.2 Å². The number of anilines is 3. The van der Waals surface area contributed by atoms with Gasteiger partial charge in [0.05, 0.1) is 23.9 Å². The summed E-state index contributed by atoms with van der Waals surface area (Å²) in [6.07, 6.45) is 0. The molecule has 0 aromatic heterocycles. The number of hydrogen-bond acceptors (Lipinski definition) is 4. The van der Waals surface area contributed by atoms with E-state index in [0.717, 1.165) is 5.69 Å². The molecule has 0 aliphatic carbocycles. The maximum absolute atomic E-state index is 12.9. The van der Waals surface area contributed by atoms with Gasteiger partial charge in [0, 0.05) is 21.4 Å². The third-order valence-corrected chi connectivity index (χ3v) is 5.21. The van der Waals surface area contributed by atoms with Gasteiger partial charge in [0.25, 0.3) is 5.91 Å². The molecule has 1 atom stereocenters. The van der Waals surface area contributed by atoms with E-state index in [2.05, 4.69) is 5.32 Å². The molecule has 1 aliphatic heterocycles. The molecule has 0 fully saturated rings. The minimum Gasteiger partial charge on any atom is -0.488 e. The van der Waals surface area contributed by atoms with Gasteiger partial charge in [-0.25, -0.2) is 0 Å². The topological polar surface area (TPSA) is 61.8 Å². The van der Waals surface area contributed by atoms with Crippen molar-refractivity contribution in [1.82, 2.24) is 0 Å². The molecule has 0 saturated carbocycles. The maximum atomic E-state index is 12.9. The van der Waals surface area contributed by atoms with Crippen molar-refractivity contribution >= 4 is 46.2 Å². The smallest absolute Gasteiger partial charge is 0.259 e. The molecular formula is C22H18Cl2N2O3. The summed E-state index contributed by atoms with van der Waals surface area (Å²) >= 11 is 11.9. The van der Waals surface area contributed by atoms with Crippen molar-refractivity contribution in [3.63, 3.8) is 0 Å². The number of aliphatic hydroxyl groups is 1. The normalized spacial score (nSPS) is 15.4. The SMILES string of the molecule is O=C(Nc1ccc(Cl)cc1)c1cccc2c1OC[C@H](CO)N2c1ccc(Cl)cc1. The first-order chi connectivity index (χ1) is 14.1. The van der Waals surface area contributed by atoms with E-state index in [1.807, 2.05) is 23.1 Å². The van der Waals surface area contributed by atoms with E-state index in [1.165, 1.54) is 0 Å². The predicted molar refractivity (Wildman–Crippen MR) is 116 cm³/mol. The third-order valence-electron chi connectivity index (χ3n) is 4.70. The fourth-order valence-corrected chi connectivity index (χ4v) is 3.57. The summed E-state index contributed by atoms with van der Waals surface area (Å²) in [5.74, 6) is 0.182. The lowest BCUT2D eigenvalue weighted by Crippen LogP contribution is -2.43. The van der Waals surface area contributed by atoms with Crippen molar-refractivity contribution in [1.29, 1.82) is 0 Å². The van der Waals surface area contributed by atoms with Crippen LogP contribution in [-0.2, 0) is 0 Å². The molecule has 1 amide bonds. The Bertz CT molecular complexity index is 1020. The lowest BCUT2D eigenvalue weighted by Gasteiger charge is -2.38. The number of amides is 1. The van der Waals surface area contributed by atoms with E-state index in [1.54, 1.807) is 48.5 Å². The summed E-state index contributed by atoms with van der Waals surface area (Å²) in [7, 11) is 0. The second-order valence-electron chi connectivity index (χ2n) is 6.61. The minimum atomic E-state index is -0.289. The van der Waals surface area contributed by atoms with Crippen LogP contribution < -0.4 is 15.0 Å². The van der Waals surface area contributed by atoms with Gasteiger partial charge in [0.1, 0.15) is 6.61 Å². The third kappa shape index (κ3) is 4.03. The molecule has 4 rings (SSSR count). The first-order valence-corrected chi connectivity index (χ1v) is 9.81. The summed E-state index contributed by atoms with van der Waals surface area (Å²) in [4.78, 5) is 14.9.